The first kappa shape index (κ1) is 14.8. The van der Waals surface area contributed by atoms with Crippen LogP contribution in [0.15, 0.2) is 0 Å². The highest BCUT2D eigenvalue weighted by Crippen LogP contribution is 2.33. The van der Waals surface area contributed by atoms with Gasteiger partial charge in [0.2, 0.25) is 0 Å². The standard InChI is InChI=1S/C14H26N2O3/c1-15-14(13(17)18)6-3-12(9-14)16(2)10-11-4-7-19-8-5-11/h11-12,15H,3-10H2,1-2H3,(H,17,18). The van der Waals surface area contributed by atoms with Gasteiger partial charge in [0.15, 0.2) is 0 Å². The molecule has 0 radical (unpaired) electrons. The molecule has 0 amide bonds. The number of hydrogen-bond acceptors (Lipinski definition) is 4. The van der Waals surface area contributed by atoms with Crippen molar-refractivity contribution in [3.63, 3.8) is 0 Å². The molecule has 2 aliphatic rings. The van der Waals surface area contributed by atoms with Gasteiger partial charge in [-0.1, -0.05) is 0 Å². The molecule has 0 spiro atoms. The lowest BCUT2D eigenvalue weighted by atomic mass is 9.96. The summed E-state index contributed by atoms with van der Waals surface area (Å²) in [5, 5.41) is 12.4. The first-order chi connectivity index (χ1) is 9.07. The van der Waals surface area contributed by atoms with E-state index in [0.29, 0.717) is 18.4 Å². The average molecular weight is 270 g/mol. The number of hydrogen-bond donors (Lipinski definition) is 2. The Morgan fingerprint density at radius 1 is 1.42 bits per heavy atom. The molecule has 2 atom stereocenters. The maximum atomic E-state index is 11.4. The second-order valence-corrected chi connectivity index (χ2v) is 6.03. The van der Waals surface area contributed by atoms with Gasteiger partial charge in [0.25, 0.3) is 0 Å². The van der Waals surface area contributed by atoms with Gasteiger partial charge in [0, 0.05) is 25.8 Å². The number of aliphatic carboxylic acids is 1. The van der Waals surface area contributed by atoms with E-state index in [0.717, 1.165) is 45.4 Å². The number of carboxylic acid groups (broad SMARTS) is 1. The minimum Gasteiger partial charge on any atom is -0.480 e. The summed E-state index contributed by atoms with van der Waals surface area (Å²) in [6.45, 7) is 2.81. The monoisotopic (exact) mass is 270 g/mol. The molecule has 1 saturated heterocycles. The molecule has 1 aliphatic carbocycles. The van der Waals surface area contributed by atoms with Crippen molar-refractivity contribution < 1.29 is 14.6 Å². The number of carbonyl (C=O) groups is 1. The lowest BCUT2D eigenvalue weighted by molar-refractivity contribution is -0.144. The zero-order chi connectivity index (χ0) is 13.9. The number of carboxylic acids is 1. The normalized spacial score (nSPS) is 32.9. The van der Waals surface area contributed by atoms with Crippen molar-refractivity contribution in [2.24, 2.45) is 5.92 Å². The van der Waals surface area contributed by atoms with Gasteiger partial charge in [-0.2, -0.15) is 0 Å². The van der Waals surface area contributed by atoms with Crippen LogP contribution in [-0.4, -0.2) is 61.4 Å². The summed E-state index contributed by atoms with van der Waals surface area (Å²) >= 11 is 0. The highest BCUT2D eigenvalue weighted by Gasteiger charge is 2.45. The molecule has 1 heterocycles. The summed E-state index contributed by atoms with van der Waals surface area (Å²) in [6.07, 6.45) is 4.66. The van der Waals surface area contributed by atoms with Gasteiger partial charge in [-0.05, 0) is 52.1 Å². The van der Waals surface area contributed by atoms with E-state index >= 15 is 0 Å². The predicted molar refractivity (Wildman–Crippen MR) is 73.2 cm³/mol. The van der Waals surface area contributed by atoms with E-state index in [4.69, 9.17) is 4.74 Å². The summed E-state index contributed by atoms with van der Waals surface area (Å²) in [7, 11) is 3.89. The third-order valence-corrected chi connectivity index (χ3v) is 4.89. The van der Waals surface area contributed by atoms with Gasteiger partial charge < -0.3 is 20.1 Å². The van der Waals surface area contributed by atoms with Crippen molar-refractivity contribution in [3.8, 4) is 0 Å². The van der Waals surface area contributed by atoms with Gasteiger partial charge in [-0.3, -0.25) is 4.79 Å². The van der Waals surface area contributed by atoms with Crippen LogP contribution in [0.4, 0.5) is 0 Å². The molecule has 1 saturated carbocycles. The number of likely N-dealkylation sites (N-methyl/N-ethyl adjacent to an activating group) is 1. The van der Waals surface area contributed by atoms with E-state index in [1.54, 1.807) is 7.05 Å². The quantitative estimate of drug-likeness (QED) is 0.778. The van der Waals surface area contributed by atoms with Crippen LogP contribution in [0.1, 0.15) is 32.1 Å². The van der Waals surface area contributed by atoms with Crippen LogP contribution in [0.2, 0.25) is 0 Å². The first-order valence-electron chi connectivity index (χ1n) is 7.28. The van der Waals surface area contributed by atoms with E-state index in [1.807, 2.05) is 0 Å². The lowest BCUT2D eigenvalue weighted by Gasteiger charge is -2.32. The Bertz CT molecular complexity index is 318. The van der Waals surface area contributed by atoms with Gasteiger partial charge >= 0.3 is 5.97 Å². The summed E-state index contributed by atoms with van der Waals surface area (Å²) < 4.78 is 5.38. The number of rotatable bonds is 5. The summed E-state index contributed by atoms with van der Waals surface area (Å²) in [6, 6.07) is 0.381. The molecule has 2 unspecified atom stereocenters. The van der Waals surface area contributed by atoms with Gasteiger partial charge in [0.1, 0.15) is 5.54 Å². The summed E-state index contributed by atoms with van der Waals surface area (Å²) in [4.78, 5) is 13.8. The van der Waals surface area contributed by atoms with Crippen LogP contribution >= 0.6 is 0 Å². The zero-order valence-corrected chi connectivity index (χ0v) is 12.0. The molecule has 0 aromatic heterocycles. The minimum atomic E-state index is -0.714. The molecule has 2 fully saturated rings. The third-order valence-electron chi connectivity index (χ3n) is 4.89. The van der Waals surface area contributed by atoms with Gasteiger partial charge in [-0.15, -0.1) is 0 Å². The van der Waals surface area contributed by atoms with Gasteiger partial charge in [0.05, 0.1) is 0 Å². The Balaban J connectivity index is 1.87. The fraction of sp³-hybridized carbons (Fsp3) is 0.929. The van der Waals surface area contributed by atoms with Crippen LogP contribution < -0.4 is 5.32 Å². The van der Waals surface area contributed by atoms with Crippen LogP contribution in [0.3, 0.4) is 0 Å². The summed E-state index contributed by atoms with van der Waals surface area (Å²) in [5.41, 5.74) is -0.714. The molecule has 0 bridgehead atoms. The van der Waals surface area contributed by atoms with Crippen molar-refractivity contribution in [2.75, 3.05) is 33.9 Å². The number of nitrogens with zero attached hydrogens (tertiary/aromatic N) is 1. The van der Waals surface area contributed by atoms with Crippen molar-refractivity contribution in [1.29, 1.82) is 0 Å². The molecular weight excluding hydrogens is 244 g/mol. The van der Waals surface area contributed by atoms with E-state index in [1.165, 1.54) is 0 Å². The Hall–Kier alpha value is -0.650. The topological polar surface area (TPSA) is 61.8 Å². The second kappa shape index (κ2) is 6.20. The number of ether oxygens (including phenoxy) is 1. The van der Waals surface area contributed by atoms with Crippen LogP contribution in [-0.2, 0) is 9.53 Å². The van der Waals surface area contributed by atoms with E-state index in [-0.39, 0.29) is 0 Å². The Labute approximate surface area is 115 Å². The van der Waals surface area contributed by atoms with Crippen LogP contribution in [0, 0.1) is 5.92 Å². The summed E-state index contributed by atoms with van der Waals surface area (Å²) in [5.74, 6) is -0.00914. The fourth-order valence-corrected chi connectivity index (χ4v) is 3.41. The SMILES string of the molecule is CNC1(C(=O)O)CCC(N(C)CC2CCOCC2)C1. The minimum absolute atomic E-state index is 0.381. The van der Waals surface area contributed by atoms with Crippen molar-refractivity contribution in [3.05, 3.63) is 0 Å². The molecule has 0 aromatic rings. The highest BCUT2D eigenvalue weighted by molar-refractivity contribution is 5.79. The molecule has 0 aromatic carbocycles. The predicted octanol–water partition coefficient (Wildman–Crippen LogP) is 0.940. The van der Waals surface area contributed by atoms with E-state index < -0.39 is 11.5 Å². The molecule has 110 valence electrons. The van der Waals surface area contributed by atoms with E-state index in [2.05, 4.69) is 17.3 Å². The zero-order valence-electron chi connectivity index (χ0n) is 12.0. The van der Waals surface area contributed by atoms with Crippen molar-refractivity contribution in [1.82, 2.24) is 10.2 Å². The molecule has 5 heteroatoms. The Morgan fingerprint density at radius 3 is 2.63 bits per heavy atom. The maximum absolute atomic E-state index is 11.4. The van der Waals surface area contributed by atoms with Gasteiger partial charge in [-0.25, -0.2) is 0 Å². The second-order valence-electron chi connectivity index (χ2n) is 6.03. The highest BCUT2D eigenvalue weighted by atomic mass is 16.5. The Morgan fingerprint density at radius 2 is 2.11 bits per heavy atom. The van der Waals surface area contributed by atoms with Crippen LogP contribution in [0.5, 0.6) is 0 Å². The number of nitrogens with one attached hydrogen (secondary N) is 1. The first-order valence-corrected chi connectivity index (χ1v) is 7.28. The molecular formula is C14H26N2O3. The smallest absolute Gasteiger partial charge is 0.323 e. The van der Waals surface area contributed by atoms with E-state index in [9.17, 15) is 9.90 Å². The van der Waals surface area contributed by atoms with Crippen LogP contribution in [0.25, 0.3) is 0 Å². The molecule has 2 rings (SSSR count). The molecule has 1 aliphatic heterocycles. The molecule has 19 heavy (non-hydrogen) atoms. The van der Waals surface area contributed by atoms with Crippen molar-refractivity contribution in [2.45, 2.75) is 43.7 Å². The average Bonchev–Trinajstić information content (AvgIpc) is 2.86. The largest absolute Gasteiger partial charge is 0.480 e. The Kier molecular flexibility index (Phi) is 4.81. The fourth-order valence-electron chi connectivity index (χ4n) is 3.41. The third kappa shape index (κ3) is 3.27. The molecule has 2 N–H and O–H groups in total. The lowest BCUT2D eigenvalue weighted by Crippen LogP contribution is -2.49. The van der Waals surface area contributed by atoms with Crippen molar-refractivity contribution >= 4 is 5.97 Å². The maximum Gasteiger partial charge on any atom is 0.323 e. The molecule has 5 nitrogen and oxygen atoms in total.